The molecule has 8 heteroatoms. The van der Waals surface area contributed by atoms with E-state index in [1.165, 1.54) is 10.4 Å². The maximum Gasteiger partial charge on any atom is 0.338 e. The molecule has 0 aliphatic carbocycles. The van der Waals surface area contributed by atoms with Crippen LogP contribution in [0.5, 0.6) is 0 Å². The Kier molecular flexibility index (Phi) is 14.2. The summed E-state index contributed by atoms with van der Waals surface area (Å²) < 4.78 is 25.7. The standard InChI is InChI=1S/C46H64O6Si2/c1-32-30-35(4)41(44(48)49-28-29-53(11,12)13)37(31-32)26-24-34(3)42-43(51-46(9,10)50-42)40(47)27-25-33(2)36(5)52-54(45(6,7)8,38-20-16-14-17-21-38)39-22-18-15-19-23-39/h14-24,26,30-31,33-34,36,40,42-43,47H,28-29H2,1-13H3/b26-24+/t33-,34?,36+,40?,42+,43-/m1/s1. The number of hydrogen-bond acceptors (Lipinski definition) is 6. The molecule has 1 saturated heterocycles. The average Bonchev–Trinajstić information content (AvgIpc) is 3.42. The van der Waals surface area contributed by atoms with Crippen molar-refractivity contribution in [3.05, 3.63) is 101 Å². The molecule has 0 saturated carbocycles. The number of carbonyl (C=O) groups is 1. The van der Waals surface area contributed by atoms with Crippen LogP contribution in [-0.2, 0) is 18.6 Å². The third-order valence-electron chi connectivity index (χ3n) is 10.3. The Balaban J connectivity index is 1.55. The Morgan fingerprint density at radius 2 is 1.46 bits per heavy atom. The number of benzene rings is 3. The van der Waals surface area contributed by atoms with Crippen LogP contribution in [0.1, 0.15) is 82.4 Å². The van der Waals surface area contributed by atoms with Gasteiger partial charge in [-0.05, 0) is 74.1 Å². The molecule has 1 aliphatic rings. The molecule has 0 amide bonds. The van der Waals surface area contributed by atoms with Crippen LogP contribution in [0.4, 0.5) is 0 Å². The topological polar surface area (TPSA) is 74.2 Å². The number of carbonyl (C=O) groups excluding carboxylic acids is 1. The fraction of sp³-hybridized carbons (Fsp3) is 0.500. The highest BCUT2D eigenvalue weighted by Crippen LogP contribution is 2.39. The molecule has 1 N–H and O–H groups in total. The second-order valence-corrected chi connectivity index (χ2v) is 27.7. The van der Waals surface area contributed by atoms with E-state index < -0.39 is 40.5 Å². The lowest BCUT2D eigenvalue weighted by molar-refractivity contribution is -0.153. The molecule has 2 unspecified atom stereocenters. The third-order valence-corrected chi connectivity index (χ3v) is 17.1. The molecular formula is C46H64O6Si2. The van der Waals surface area contributed by atoms with Crippen molar-refractivity contribution in [2.24, 2.45) is 11.8 Å². The van der Waals surface area contributed by atoms with E-state index in [2.05, 4.69) is 115 Å². The van der Waals surface area contributed by atoms with Crippen LogP contribution >= 0.6 is 0 Å². The molecular weight excluding hydrogens is 705 g/mol. The van der Waals surface area contributed by atoms with E-state index in [4.69, 9.17) is 18.6 Å². The van der Waals surface area contributed by atoms with Crippen molar-refractivity contribution >= 4 is 38.8 Å². The molecule has 1 fully saturated rings. The Hall–Kier alpha value is -3.30. The molecule has 292 valence electrons. The summed E-state index contributed by atoms with van der Waals surface area (Å²) in [4.78, 5) is 13.3. The minimum absolute atomic E-state index is 0.167. The van der Waals surface area contributed by atoms with Gasteiger partial charge in [0.25, 0.3) is 8.32 Å². The van der Waals surface area contributed by atoms with E-state index >= 15 is 0 Å². The van der Waals surface area contributed by atoms with E-state index in [0.717, 1.165) is 22.7 Å². The lowest BCUT2D eigenvalue weighted by atomic mass is 9.93. The Morgan fingerprint density at radius 1 is 0.907 bits per heavy atom. The third kappa shape index (κ3) is 10.7. The van der Waals surface area contributed by atoms with Crippen LogP contribution in [0.15, 0.2) is 78.9 Å². The molecule has 0 aromatic heterocycles. The first-order chi connectivity index (χ1) is 25.1. The lowest BCUT2D eigenvalue weighted by Crippen LogP contribution is -2.67. The van der Waals surface area contributed by atoms with Gasteiger partial charge in [-0.1, -0.05) is 150 Å². The van der Waals surface area contributed by atoms with Crippen LogP contribution in [0.25, 0.3) is 6.08 Å². The molecule has 3 aromatic rings. The van der Waals surface area contributed by atoms with Crippen LogP contribution < -0.4 is 10.4 Å². The molecule has 0 radical (unpaired) electrons. The van der Waals surface area contributed by atoms with Crippen LogP contribution in [0.2, 0.25) is 30.7 Å². The SMILES string of the molecule is Cc1cc(C)c(C(=O)OCC[Si](C)(C)C)c(/C=C/C(C)[C@@H]2OC(C)(C)O[C@@H]2C(O)C#C[C@@H](C)[C@H](C)O[Si](c2ccccc2)(c2ccccc2)C(C)(C)C)c1. The number of ether oxygens (including phenoxy) is 3. The zero-order valence-electron chi connectivity index (χ0n) is 34.9. The average molecular weight is 769 g/mol. The quantitative estimate of drug-likeness (QED) is 0.106. The predicted molar refractivity (Wildman–Crippen MR) is 227 cm³/mol. The summed E-state index contributed by atoms with van der Waals surface area (Å²) in [6.45, 7) is 27.9. The fourth-order valence-electron chi connectivity index (χ4n) is 7.25. The van der Waals surface area contributed by atoms with Crippen LogP contribution in [0, 0.1) is 37.5 Å². The highest BCUT2D eigenvalue weighted by molar-refractivity contribution is 6.99. The van der Waals surface area contributed by atoms with Crippen molar-refractivity contribution in [3.8, 4) is 11.8 Å². The van der Waals surface area contributed by atoms with E-state index in [9.17, 15) is 9.90 Å². The monoisotopic (exact) mass is 768 g/mol. The second-order valence-electron chi connectivity index (χ2n) is 17.8. The van der Waals surface area contributed by atoms with Gasteiger partial charge >= 0.3 is 5.97 Å². The summed E-state index contributed by atoms with van der Waals surface area (Å²) in [5.74, 6) is 4.91. The molecule has 4 rings (SSSR count). The van der Waals surface area contributed by atoms with Crippen LogP contribution in [0.3, 0.4) is 0 Å². The van der Waals surface area contributed by atoms with Crippen molar-refractivity contribution in [2.45, 2.75) is 130 Å². The van der Waals surface area contributed by atoms with Gasteiger partial charge in [0, 0.05) is 19.9 Å². The molecule has 0 spiro atoms. The summed E-state index contributed by atoms with van der Waals surface area (Å²) in [6, 6.07) is 26.1. The van der Waals surface area contributed by atoms with Crippen molar-refractivity contribution in [1.29, 1.82) is 0 Å². The summed E-state index contributed by atoms with van der Waals surface area (Å²) >= 11 is 0. The Bertz CT molecular complexity index is 1760. The normalized spacial score (nSPS) is 19.8. The first-order valence-electron chi connectivity index (χ1n) is 19.5. The van der Waals surface area contributed by atoms with E-state index in [1.54, 1.807) is 0 Å². The predicted octanol–water partition coefficient (Wildman–Crippen LogP) is 8.93. The molecule has 0 bridgehead atoms. The van der Waals surface area contributed by atoms with Crippen molar-refractivity contribution in [2.75, 3.05) is 6.61 Å². The largest absolute Gasteiger partial charge is 0.462 e. The molecule has 3 aromatic carbocycles. The number of aryl methyl sites for hydroxylation is 2. The van der Waals surface area contributed by atoms with Gasteiger partial charge in [-0.2, -0.15) is 0 Å². The van der Waals surface area contributed by atoms with Crippen molar-refractivity contribution in [1.82, 2.24) is 0 Å². The summed E-state index contributed by atoms with van der Waals surface area (Å²) in [6.07, 6.45) is 1.53. The smallest absolute Gasteiger partial charge is 0.338 e. The van der Waals surface area contributed by atoms with Gasteiger partial charge in [-0.25, -0.2) is 4.79 Å². The first kappa shape index (κ1) is 43.4. The maximum absolute atomic E-state index is 13.3. The molecule has 6 nitrogen and oxygen atoms in total. The van der Waals surface area contributed by atoms with Crippen molar-refractivity contribution < 1.29 is 28.5 Å². The number of rotatable bonds is 13. The molecule has 54 heavy (non-hydrogen) atoms. The number of aliphatic hydroxyl groups is 1. The van der Waals surface area contributed by atoms with Gasteiger partial charge in [0.15, 0.2) is 5.79 Å². The van der Waals surface area contributed by atoms with Gasteiger partial charge in [0.05, 0.1) is 24.4 Å². The van der Waals surface area contributed by atoms with Gasteiger partial charge in [0.2, 0.25) is 0 Å². The number of aliphatic hydroxyl groups excluding tert-OH is 1. The minimum Gasteiger partial charge on any atom is -0.462 e. The maximum atomic E-state index is 13.3. The summed E-state index contributed by atoms with van der Waals surface area (Å²) in [7, 11) is -4.13. The number of hydrogen-bond donors (Lipinski definition) is 1. The number of esters is 1. The highest BCUT2D eigenvalue weighted by Gasteiger charge is 2.51. The Labute approximate surface area is 327 Å². The minimum atomic E-state index is -2.78. The first-order valence-corrected chi connectivity index (χ1v) is 25.1. The van der Waals surface area contributed by atoms with Crippen LogP contribution in [-0.4, -0.2) is 64.3 Å². The zero-order valence-corrected chi connectivity index (χ0v) is 36.9. The summed E-state index contributed by atoms with van der Waals surface area (Å²) in [5.41, 5.74) is 3.32. The van der Waals surface area contributed by atoms with Gasteiger partial charge in [-0.3, -0.25) is 0 Å². The lowest BCUT2D eigenvalue weighted by Gasteiger charge is -2.45. The van der Waals surface area contributed by atoms with E-state index in [1.807, 2.05) is 71.0 Å². The van der Waals surface area contributed by atoms with Gasteiger partial charge in [0.1, 0.15) is 12.2 Å². The van der Waals surface area contributed by atoms with Gasteiger partial charge in [-0.15, -0.1) is 0 Å². The van der Waals surface area contributed by atoms with E-state index in [-0.39, 0.29) is 28.9 Å². The van der Waals surface area contributed by atoms with Gasteiger partial charge < -0.3 is 23.7 Å². The highest BCUT2D eigenvalue weighted by atomic mass is 28.4. The summed E-state index contributed by atoms with van der Waals surface area (Å²) in [5, 5.41) is 13.8. The zero-order chi connectivity index (χ0) is 40.1. The molecule has 6 atom stereocenters. The Morgan fingerprint density at radius 3 is 2.00 bits per heavy atom. The second kappa shape index (κ2) is 17.7. The molecule has 1 heterocycles. The van der Waals surface area contributed by atoms with E-state index in [0.29, 0.717) is 12.2 Å². The van der Waals surface area contributed by atoms with Crippen molar-refractivity contribution in [3.63, 3.8) is 0 Å². The fourth-order valence-corrected chi connectivity index (χ4v) is 12.7. The molecule has 1 aliphatic heterocycles.